The van der Waals surface area contributed by atoms with Gasteiger partial charge in [0.25, 0.3) is 5.13 Å². The van der Waals surface area contributed by atoms with E-state index in [0.717, 1.165) is 16.3 Å². The predicted molar refractivity (Wildman–Crippen MR) is 35.3 cm³/mol. The van der Waals surface area contributed by atoms with Crippen LogP contribution in [0.4, 0.5) is 5.13 Å². The van der Waals surface area contributed by atoms with Crippen molar-refractivity contribution in [2.45, 2.75) is 0 Å². The van der Waals surface area contributed by atoms with E-state index < -0.39 is 5.03 Å². The molecule has 6 nitrogen and oxygen atoms in total. The van der Waals surface area contributed by atoms with Crippen LogP contribution in [0.1, 0.15) is 0 Å². The number of anilines is 1. The van der Waals surface area contributed by atoms with Gasteiger partial charge in [0, 0.05) is 0 Å². The first-order chi connectivity index (χ1) is 4.72. The van der Waals surface area contributed by atoms with Gasteiger partial charge in [-0.05, 0) is 0 Å². The predicted octanol–water partition coefficient (Wildman–Crippen LogP) is 0.166. The van der Waals surface area contributed by atoms with Gasteiger partial charge in [-0.25, -0.2) is 10.1 Å². The van der Waals surface area contributed by atoms with Gasteiger partial charge >= 0.3 is 0 Å². The Balaban J connectivity index is 2.77. The summed E-state index contributed by atoms with van der Waals surface area (Å²) >= 11 is 1.12. The minimum Gasteiger partial charge on any atom is -0.234 e. The maximum absolute atomic E-state index is 10.1. The molecule has 7 heteroatoms. The standard InChI is InChI=1S/C3H4N4O2S/c1-6(7(8)9)3-5-4-2-10-3/h2H,1H3. The second-order valence-corrected chi connectivity index (χ2v) is 2.29. The molecule has 0 spiro atoms. The lowest BCUT2D eigenvalue weighted by molar-refractivity contribution is -0.490. The van der Waals surface area contributed by atoms with Crippen molar-refractivity contribution in [2.75, 3.05) is 12.1 Å². The third-order valence-electron chi connectivity index (χ3n) is 0.870. The van der Waals surface area contributed by atoms with Crippen molar-refractivity contribution in [1.29, 1.82) is 0 Å². The van der Waals surface area contributed by atoms with E-state index in [9.17, 15) is 10.1 Å². The molecule has 10 heavy (non-hydrogen) atoms. The molecule has 0 fully saturated rings. The Bertz CT molecular complexity index is 222. The Morgan fingerprint density at radius 1 is 1.90 bits per heavy atom. The molecule has 0 saturated carbocycles. The Labute approximate surface area is 60.2 Å². The van der Waals surface area contributed by atoms with Gasteiger partial charge in [-0.15, -0.1) is 10.2 Å². The summed E-state index contributed by atoms with van der Waals surface area (Å²) in [5, 5.41) is 17.6. The monoisotopic (exact) mass is 160 g/mol. The van der Waals surface area contributed by atoms with Crippen LogP contribution in [0.25, 0.3) is 0 Å². The van der Waals surface area contributed by atoms with Gasteiger partial charge in [0.15, 0.2) is 5.03 Å². The van der Waals surface area contributed by atoms with E-state index in [1.165, 1.54) is 12.6 Å². The summed E-state index contributed by atoms with van der Waals surface area (Å²) < 4.78 is 0. The number of hydrogen-bond acceptors (Lipinski definition) is 5. The zero-order valence-corrected chi connectivity index (χ0v) is 5.91. The second kappa shape index (κ2) is 2.56. The number of nitro groups is 1. The molecule has 1 heterocycles. The molecular formula is C3H4N4O2S. The zero-order valence-electron chi connectivity index (χ0n) is 5.09. The lowest BCUT2D eigenvalue weighted by atomic mass is 11.1. The second-order valence-electron chi connectivity index (χ2n) is 1.48. The summed E-state index contributed by atoms with van der Waals surface area (Å²) in [5.74, 6) is 0. The fourth-order valence-electron chi connectivity index (χ4n) is 0.378. The molecule has 0 radical (unpaired) electrons. The van der Waals surface area contributed by atoms with Crippen LogP contribution in [0.2, 0.25) is 0 Å². The maximum atomic E-state index is 10.1. The Morgan fingerprint density at radius 3 is 3.00 bits per heavy atom. The summed E-state index contributed by atoms with van der Waals surface area (Å²) in [7, 11) is 1.32. The molecule has 0 aliphatic heterocycles. The molecule has 1 aromatic rings. The molecule has 0 unspecified atom stereocenters. The van der Waals surface area contributed by atoms with Gasteiger partial charge < -0.3 is 0 Å². The smallest absolute Gasteiger partial charge is 0.234 e. The quantitative estimate of drug-likeness (QED) is 0.455. The Kier molecular flexibility index (Phi) is 1.76. The molecular weight excluding hydrogens is 156 g/mol. The van der Waals surface area contributed by atoms with Crippen LogP contribution in [-0.2, 0) is 0 Å². The highest BCUT2D eigenvalue weighted by Crippen LogP contribution is 2.12. The molecule has 0 aromatic carbocycles. The molecule has 0 aliphatic carbocycles. The number of nitrogens with zero attached hydrogens (tertiary/aromatic N) is 4. The van der Waals surface area contributed by atoms with Gasteiger partial charge in [-0.2, -0.15) is 0 Å². The van der Waals surface area contributed by atoms with E-state index in [-0.39, 0.29) is 5.13 Å². The third-order valence-corrected chi connectivity index (χ3v) is 1.63. The Morgan fingerprint density at radius 2 is 2.60 bits per heavy atom. The van der Waals surface area contributed by atoms with E-state index in [1.807, 2.05) is 0 Å². The van der Waals surface area contributed by atoms with E-state index >= 15 is 0 Å². The molecule has 0 aliphatic rings. The minimum absolute atomic E-state index is 0.282. The first-order valence-electron chi connectivity index (χ1n) is 2.36. The van der Waals surface area contributed by atoms with E-state index in [2.05, 4.69) is 10.2 Å². The van der Waals surface area contributed by atoms with Crippen molar-refractivity contribution < 1.29 is 5.03 Å². The third kappa shape index (κ3) is 1.18. The molecule has 0 bridgehead atoms. The average Bonchev–Trinajstić information content (AvgIpc) is 2.36. The first kappa shape index (κ1) is 6.87. The highest BCUT2D eigenvalue weighted by atomic mass is 32.1. The van der Waals surface area contributed by atoms with Crippen molar-refractivity contribution in [2.24, 2.45) is 0 Å². The number of hydrogen-bond donors (Lipinski definition) is 0. The minimum atomic E-state index is -0.555. The van der Waals surface area contributed by atoms with Crippen molar-refractivity contribution >= 4 is 16.5 Å². The summed E-state index contributed by atoms with van der Waals surface area (Å²) in [4.78, 5) is 10.1. The molecule has 0 N–H and O–H groups in total. The fraction of sp³-hybridized carbons (Fsp3) is 0.333. The van der Waals surface area contributed by atoms with Gasteiger partial charge in [0.1, 0.15) is 5.51 Å². The normalized spacial score (nSPS) is 9.30. The van der Waals surface area contributed by atoms with E-state index in [4.69, 9.17) is 0 Å². The lowest BCUT2D eigenvalue weighted by Gasteiger charge is -2.00. The first-order valence-corrected chi connectivity index (χ1v) is 3.24. The van der Waals surface area contributed by atoms with Crippen molar-refractivity contribution in [3.63, 3.8) is 0 Å². The van der Waals surface area contributed by atoms with Crippen LogP contribution < -0.4 is 5.01 Å². The van der Waals surface area contributed by atoms with Crippen LogP contribution in [0, 0.1) is 10.1 Å². The molecule has 0 amide bonds. The van der Waals surface area contributed by atoms with Crippen molar-refractivity contribution in [1.82, 2.24) is 10.2 Å². The summed E-state index contributed by atoms with van der Waals surface area (Å²) in [5.41, 5.74) is 1.44. The van der Waals surface area contributed by atoms with Gasteiger partial charge in [0.2, 0.25) is 0 Å². The molecule has 0 saturated heterocycles. The van der Waals surface area contributed by atoms with Gasteiger partial charge in [-0.3, -0.25) is 0 Å². The van der Waals surface area contributed by atoms with Crippen LogP contribution in [0.5, 0.6) is 0 Å². The summed E-state index contributed by atoms with van der Waals surface area (Å²) in [6.45, 7) is 0. The lowest BCUT2D eigenvalue weighted by Crippen LogP contribution is -2.24. The molecule has 0 atom stereocenters. The van der Waals surface area contributed by atoms with Crippen LogP contribution >= 0.6 is 11.3 Å². The number of rotatable bonds is 2. The molecule has 1 rings (SSSR count). The van der Waals surface area contributed by atoms with Gasteiger partial charge in [0.05, 0.1) is 7.05 Å². The Hall–Kier alpha value is -1.24. The van der Waals surface area contributed by atoms with Crippen molar-refractivity contribution in [3.05, 3.63) is 15.6 Å². The van der Waals surface area contributed by atoms with Crippen LogP contribution in [0.3, 0.4) is 0 Å². The van der Waals surface area contributed by atoms with Crippen LogP contribution in [0.15, 0.2) is 5.51 Å². The highest BCUT2D eigenvalue weighted by molar-refractivity contribution is 7.13. The highest BCUT2D eigenvalue weighted by Gasteiger charge is 2.12. The van der Waals surface area contributed by atoms with Crippen molar-refractivity contribution in [3.8, 4) is 0 Å². The fourth-order valence-corrected chi connectivity index (χ4v) is 0.880. The summed E-state index contributed by atoms with van der Waals surface area (Å²) in [6.07, 6.45) is 0. The number of aromatic nitrogens is 2. The number of hydrazine groups is 1. The zero-order chi connectivity index (χ0) is 7.56. The molecule has 54 valence electrons. The molecule has 1 aromatic heterocycles. The SMILES string of the molecule is CN(c1nncs1)[N+](=O)[O-]. The van der Waals surface area contributed by atoms with E-state index in [0.29, 0.717) is 0 Å². The topological polar surface area (TPSA) is 72.2 Å². The average molecular weight is 160 g/mol. The van der Waals surface area contributed by atoms with Gasteiger partial charge in [-0.1, -0.05) is 16.3 Å². The van der Waals surface area contributed by atoms with Crippen LogP contribution in [-0.4, -0.2) is 22.3 Å². The van der Waals surface area contributed by atoms with E-state index in [1.54, 1.807) is 0 Å². The largest absolute Gasteiger partial charge is 0.270 e. The summed E-state index contributed by atoms with van der Waals surface area (Å²) in [6, 6.07) is 0. The maximum Gasteiger partial charge on any atom is 0.270 e.